The van der Waals surface area contributed by atoms with Gasteiger partial charge in [-0.2, -0.15) is 0 Å². The van der Waals surface area contributed by atoms with Crippen LogP contribution in [0.15, 0.2) is 60.7 Å². The van der Waals surface area contributed by atoms with Crippen molar-refractivity contribution in [1.29, 1.82) is 0 Å². The topological polar surface area (TPSA) is 78.5 Å². The van der Waals surface area contributed by atoms with E-state index in [1.165, 1.54) is 25.7 Å². The quantitative estimate of drug-likeness (QED) is 0.639. The van der Waals surface area contributed by atoms with Crippen LogP contribution in [0.25, 0.3) is 0 Å². The van der Waals surface area contributed by atoms with Crippen molar-refractivity contribution in [3.63, 3.8) is 0 Å². The second-order valence-electron chi connectivity index (χ2n) is 9.95. The summed E-state index contributed by atoms with van der Waals surface area (Å²) in [5.41, 5.74) is 0.424. The van der Waals surface area contributed by atoms with Crippen molar-refractivity contribution in [2.75, 3.05) is 6.54 Å². The van der Waals surface area contributed by atoms with Crippen LogP contribution < -0.4 is 10.6 Å². The fraction of sp³-hybridized carbons (Fsp3) is 0.444. The van der Waals surface area contributed by atoms with Gasteiger partial charge in [0.2, 0.25) is 5.91 Å². The van der Waals surface area contributed by atoms with Gasteiger partial charge in [-0.1, -0.05) is 67.1 Å². The van der Waals surface area contributed by atoms with Crippen molar-refractivity contribution in [3.05, 3.63) is 71.8 Å². The van der Waals surface area contributed by atoms with E-state index in [4.69, 9.17) is 0 Å². The highest BCUT2D eigenvalue weighted by Crippen LogP contribution is 2.49. The third-order valence-electron chi connectivity index (χ3n) is 7.88. The first-order valence-electron chi connectivity index (χ1n) is 12.0. The summed E-state index contributed by atoms with van der Waals surface area (Å²) in [6.07, 6.45) is 5.33. The molecule has 1 heterocycles. The Morgan fingerprint density at radius 1 is 1.06 bits per heavy atom. The molecule has 5 rings (SSSR count). The minimum atomic E-state index is -1.23. The van der Waals surface area contributed by atoms with Gasteiger partial charge in [0.15, 0.2) is 5.54 Å². The molecule has 5 atom stereocenters. The smallest absolute Gasteiger partial charge is 0.325 e. The normalized spacial score (nSPS) is 29.2. The summed E-state index contributed by atoms with van der Waals surface area (Å²) in [7, 11) is 0. The molecule has 0 radical (unpaired) electrons. The third kappa shape index (κ3) is 4.03. The van der Waals surface area contributed by atoms with E-state index < -0.39 is 11.6 Å². The summed E-state index contributed by atoms with van der Waals surface area (Å²) in [5, 5.41) is 6.00. The Balaban J connectivity index is 1.33. The van der Waals surface area contributed by atoms with E-state index in [0.717, 1.165) is 16.4 Å². The predicted molar refractivity (Wildman–Crippen MR) is 125 cm³/mol. The van der Waals surface area contributed by atoms with Crippen molar-refractivity contribution in [1.82, 2.24) is 15.5 Å². The largest absolute Gasteiger partial charge is 0.352 e. The van der Waals surface area contributed by atoms with Crippen LogP contribution in [-0.4, -0.2) is 35.3 Å². The van der Waals surface area contributed by atoms with E-state index in [0.29, 0.717) is 23.8 Å². The van der Waals surface area contributed by atoms with Gasteiger partial charge < -0.3 is 10.6 Å². The Bertz CT molecular complexity index is 1040. The van der Waals surface area contributed by atoms with Gasteiger partial charge in [-0.05, 0) is 55.1 Å². The van der Waals surface area contributed by atoms with Crippen LogP contribution >= 0.6 is 0 Å². The second-order valence-corrected chi connectivity index (χ2v) is 9.95. The van der Waals surface area contributed by atoms with Crippen LogP contribution in [0.2, 0.25) is 0 Å². The number of fused-ring (bicyclic) bond motifs is 2. The van der Waals surface area contributed by atoms with E-state index in [2.05, 4.69) is 17.6 Å². The Morgan fingerprint density at radius 2 is 1.76 bits per heavy atom. The minimum absolute atomic E-state index is 0.0526. The van der Waals surface area contributed by atoms with Gasteiger partial charge in [-0.25, -0.2) is 4.79 Å². The Labute approximate surface area is 194 Å². The number of urea groups is 1. The number of hydrogen-bond donors (Lipinski definition) is 2. The van der Waals surface area contributed by atoms with Gasteiger partial charge >= 0.3 is 6.03 Å². The number of nitrogens with zero attached hydrogens (tertiary/aromatic N) is 1. The summed E-state index contributed by atoms with van der Waals surface area (Å²) in [6, 6.07) is 18.4. The average molecular weight is 446 g/mol. The van der Waals surface area contributed by atoms with Crippen molar-refractivity contribution >= 4 is 17.8 Å². The molecule has 2 bridgehead atoms. The lowest BCUT2D eigenvalue weighted by molar-refractivity contribution is -0.135. The first kappa shape index (κ1) is 21.7. The molecule has 2 aliphatic carbocycles. The average Bonchev–Trinajstić information content (AvgIpc) is 3.52. The highest BCUT2D eigenvalue weighted by Gasteiger charge is 2.53. The van der Waals surface area contributed by atoms with Crippen LogP contribution in [0, 0.1) is 17.8 Å². The molecule has 1 aliphatic heterocycles. The van der Waals surface area contributed by atoms with Crippen LogP contribution in [0.3, 0.4) is 0 Å². The highest BCUT2D eigenvalue weighted by molar-refractivity contribution is 6.09. The zero-order chi connectivity index (χ0) is 23.0. The SMILES string of the molecule is CC(NC(=O)CN1C(=O)NC(Cc2ccccc2)(c2ccccc2)C1=O)C1CC2CCC1C2. The van der Waals surface area contributed by atoms with Crippen LogP contribution in [0.4, 0.5) is 4.79 Å². The van der Waals surface area contributed by atoms with E-state index in [-0.39, 0.29) is 24.4 Å². The van der Waals surface area contributed by atoms with Crippen molar-refractivity contribution in [2.24, 2.45) is 17.8 Å². The number of imide groups is 1. The molecule has 2 saturated carbocycles. The second kappa shape index (κ2) is 8.65. The molecule has 2 aromatic carbocycles. The van der Waals surface area contributed by atoms with E-state index in [1.54, 1.807) is 0 Å². The maximum atomic E-state index is 13.7. The van der Waals surface area contributed by atoms with Gasteiger partial charge in [0.25, 0.3) is 5.91 Å². The fourth-order valence-electron chi connectivity index (χ4n) is 6.27. The molecule has 4 amide bonds. The number of carbonyl (C=O) groups is 3. The maximum Gasteiger partial charge on any atom is 0.325 e. The van der Waals surface area contributed by atoms with E-state index in [1.807, 2.05) is 60.7 Å². The molecule has 0 spiro atoms. The van der Waals surface area contributed by atoms with E-state index >= 15 is 0 Å². The molecule has 0 aromatic heterocycles. The summed E-state index contributed by atoms with van der Waals surface area (Å²) < 4.78 is 0. The fourth-order valence-corrected chi connectivity index (χ4v) is 6.27. The predicted octanol–water partition coefficient (Wildman–Crippen LogP) is 3.62. The number of amides is 4. The van der Waals surface area contributed by atoms with Gasteiger partial charge in [0.1, 0.15) is 6.54 Å². The lowest BCUT2D eigenvalue weighted by Crippen LogP contribution is -2.48. The molecule has 6 nitrogen and oxygen atoms in total. The number of benzene rings is 2. The lowest BCUT2D eigenvalue weighted by atomic mass is 9.83. The molecule has 1 saturated heterocycles. The number of nitrogens with one attached hydrogen (secondary N) is 2. The Kier molecular flexibility index (Phi) is 5.69. The number of hydrogen-bond acceptors (Lipinski definition) is 3. The van der Waals surface area contributed by atoms with Gasteiger partial charge in [0.05, 0.1) is 0 Å². The van der Waals surface area contributed by atoms with Gasteiger partial charge in [0, 0.05) is 12.5 Å². The van der Waals surface area contributed by atoms with E-state index in [9.17, 15) is 14.4 Å². The number of rotatable bonds is 7. The molecule has 2 N–H and O–H groups in total. The van der Waals surface area contributed by atoms with Crippen molar-refractivity contribution in [3.8, 4) is 0 Å². The first-order valence-corrected chi connectivity index (χ1v) is 12.0. The molecule has 172 valence electrons. The highest BCUT2D eigenvalue weighted by atomic mass is 16.2. The van der Waals surface area contributed by atoms with Gasteiger partial charge in [-0.15, -0.1) is 0 Å². The maximum absolute atomic E-state index is 13.7. The summed E-state index contributed by atoms with van der Waals surface area (Å²) in [5.74, 6) is 1.33. The molecular weight excluding hydrogens is 414 g/mol. The molecular formula is C27H31N3O3. The zero-order valence-corrected chi connectivity index (χ0v) is 19.0. The Hall–Kier alpha value is -3.15. The van der Waals surface area contributed by atoms with Crippen LogP contribution in [0.5, 0.6) is 0 Å². The van der Waals surface area contributed by atoms with Crippen LogP contribution in [0.1, 0.15) is 43.7 Å². The standard InChI is InChI=1S/C27H31N3O3/c1-18(23-15-20-12-13-21(23)14-20)28-24(31)17-30-25(32)27(29-26(30)33,22-10-6-3-7-11-22)16-19-8-4-2-5-9-19/h2-11,18,20-21,23H,12-17H2,1H3,(H,28,31)(H,29,33). The van der Waals surface area contributed by atoms with Crippen molar-refractivity contribution in [2.45, 2.75) is 50.6 Å². The molecule has 3 fully saturated rings. The zero-order valence-electron chi connectivity index (χ0n) is 19.0. The first-order chi connectivity index (χ1) is 16.0. The molecule has 33 heavy (non-hydrogen) atoms. The molecule has 2 aromatic rings. The monoisotopic (exact) mass is 445 g/mol. The molecule has 3 aliphatic rings. The van der Waals surface area contributed by atoms with Crippen molar-refractivity contribution < 1.29 is 14.4 Å². The summed E-state index contributed by atoms with van der Waals surface area (Å²) in [6.45, 7) is 1.79. The minimum Gasteiger partial charge on any atom is -0.352 e. The molecule has 5 unspecified atom stereocenters. The number of carbonyl (C=O) groups excluding carboxylic acids is 3. The lowest BCUT2D eigenvalue weighted by Gasteiger charge is -2.29. The third-order valence-corrected chi connectivity index (χ3v) is 7.88. The summed E-state index contributed by atoms with van der Waals surface area (Å²) >= 11 is 0. The van der Waals surface area contributed by atoms with Crippen LogP contribution in [-0.2, 0) is 21.5 Å². The summed E-state index contributed by atoms with van der Waals surface area (Å²) in [4.78, 5) is 40.6. The van der Waals surface area contributed by atoms with Gasteiger partial charge in [-0.3, -0.25) is 14.5 Å². The molecule has 6 heteroatoms. The Morgan fingerprint density at radius 3 is 2.39 bits per heavy atom.